The molecule has 0 fully saturated rings. The van der Waals surface area contributed by atoms with Crippen molar-refractivity contribution in [3.63, 3.8) is 0 Å². The molecular formula is C12H18ClN3. The zero-order valence-corrected chi connectivity index (χ0v) is 10.8. The standard InChI is InChI=1S/C12H18ClN3/c1-4-12(14-3)16(5-2)9-10-6-7-11(13)15-8-10/h4,6-8,14H,5,9H2,1-3H3/b12-4-. The normalized spacial score (nSPS) is 11.4. The van der Waals surface area contributed by atoms with Crippen molar-refractivity contribution in [1.82, 2.24) is 15.2 Å². The van der Waals surface area contributed by atoms with Gasteiger partial charge >= 0.3 is 0 Å². The van der Waals surface area contributed by atoms with Gasteiger partial charge in [0.25, 0.3) is 0 Å². The fourth-order valence-corrected chi connectivity index (χ4v) is 1.68. The average Bonchev–Trinajstić information content (AvgIpc) is 2.32. The average molecular weight is 240 g/mol. The van der Waals surface area contributed by atoms with E-state index in [0.717, 1.165) is 24.5 Å². The molecule has 0 bridgehead atoms. The molecule has 0 aliphatic heterocycles. The van der Waals surface area contributed by atoms with Crippen molar-refractivity contribution >= 4 is 11.6 Å². The Morgan fingerprint density at radius 1 is 1.56 bits per heavy atom. The first-order valence-electron chi connectivity index (χ1n) is 5.40. The maximum atomic E-state index is 5.75. The van der Waals surface area contributed by atoms with Gasteiger partial charge in [0, 0.05) is 26.3 Å². The van der Waals surface area contributed by atoms with E-state index in [-0.39, 0.29) is 0 Å². The fraction of sp³-hybridized carbons (Fsp3) is 0.417. The van der Waals surface area contributed by atoms with Crippen molar-refractivity contribution in [2.24, 2.45) is 0 Å². The molecule has 0 aromatic carbocycles. The van der Waals surface area contributed by atoms with Crippen LogP contribution in [0.2, 0.25) is 5.15 Å². The monoisotopic (exact) mass is 239 g/mol. The maximum Gasteiger partial charge on any atom is 0.129 e. The molecule has 1 N–H and O–H groups in total. The Labute approximate surface area is 102 Å². The Bertz CT molecular complexity index is 346. The molecule has 1 rings (SSSR count). The molecule has 16 heavy (non-hydrogen) atoms. The number of nitrogens with zero attached hydrogens (tertiary/aromatic N) is 2. The predicted molar refractivity (Wildman–Crippen MR) is 68.1 cm³/mol. The molecule has 1 aromatic heterocycles. The van der Waals surface area contributed by atoms with Gasteiger partial charge in [0.05, 0.1) is 5.82 Å². The Morgan fingerprint density at radius 2 is 2.31 bits per heavy atom. The highest BCUT2D eigenvalue weighted by atomic mass is 35.5. The molecule has 0 saturated heterocycles. The van der Waals surface area contributed by atoms with Crippen LogP contribution in [0.3, 0.4) is 0 Å². The molecule has 0 spiro atoms. The topological polar surface area (TPSA) is 28.2 Å². The van der Waals surface area contributed by atoms with E-state index >= 15 is 0 Å². The lowest BCUT2D eigenvalue weighted by Gasteiger charge is -2.25. The van der Waals surface area contributed by atoms with Gasteiger partial charge in [-0.15, -0.1) is 0 Å². The van der Waals surface area contributed by atoms with Crippen molar-refractivity contribution < 1.29 is 0 Å². The van der Waals surface area contributed by atoms with Gasteiger partial charge in [0.1, 0.15) is 5.15 Å². The molecule has 0 saturated carbocycles. The van der Waals surface area contributed by atoms with E-state index in [9.17, 15) is 0 Å². The summed E-state index contributed by atoms with van der Waals surface area (Å²) in [6.45, 7) is 5.93. The van der Waals surface area contributed by atoms with E-state index in [1.54, 1.807) is 0 Å². The van der Waals surface area contributed by atoms with E-state index in [4.69, 9.17) is 11.6 Å². The summed E-state index contributed by atoms with van der Waals surface area (Å²) in [6.07, 6.45) is 3.88. The summed E-state index contributed by atoms with van der Waals surface area (Å²) in [5.74, 6) is 1.12. The quantitative estimate of drug-likeness (QED) is 0.801. The van der Waals surface area contributed by atoms with Gasteiger partial charge in [-0.2, -0.15) is 0 Å². The van der Waals surface area contributed by atoms with Crippen LogP contribution in [0.5, 0.6) is 0 Å². The molecule has 3 nitrogen and oxygen atoms in total. The number of hydrogen-bond acceptors (Lipinski definition) is 3. The van der Waals surface area contributed by atoms with Crippen LogP contribution in [-0.4, -0.2) is 23.5 Å². The molecule has 1 aromatic rings. The summed E-state index contributed by atoms with van der Waals surface area (Å²) < 4.78 is 0. The second-order valence-electron chi connectivity index (χ2n) is 3.43. The first kappa shape index (κ1) is 12.8. The van der Waals surface area contributed by atoms with Gasteiger partial charge in [0.15, 0.2) is 0 Å². The van der Waals surface area contributed by atoms with Crippen molar-refractivity contribution in [3.05, 3.63) is 40.9 Å². The Morgan fingerprint density at radius 3 is 2.75 bits per heavy atom. The second-order valence-corrected chi connectivity index (χ2v) is 3.81. The Balaban J connectivity index is 2.73. The van der Waals surface area contributed by atoms with Crippen LogP contribution in [0.1, 0.15) is 19.4 Å². The number of nitrogens with one attached hydrogen (secondary N) is 1. The molecule has 0 amide bonds. The highest BCUT2D eigenvalue weighted by Gasteiger charge is 2.06. The molecule has 0 aliphatic carbocycles. The molecule has 4 heteroatoms. The molecule has 0 aliphatic rings. The summed E-state index contributed by atoms with van der Waals surface area (Å²) in [5.41, 5.74) is 1.15. The first-order valence-corrected chi connectivity index (χ1v) is 5.78. The zero-order valence-electron chi connectivity index (χ0n) is 10.00. The molecule has 0 radical (unpaired) electrons. The Kier molecular flexibility index (Phi) is 5.12. The second kappa shape index (κ2) is 6.38. The minimum Gasteiger partial charge on any atom is -0.375 e. The van der Waals surface area contributed by atoms with Crippen molar-refractivity contribution in [2.45, 2.75) is 20.4 Å². The van der Waals surface area contributed by atoms with Gasteiger partial charge in [-0.05, 0) is 31.6 Å². The largest absolute Gasteiger partial charge is 0.375 e. The van der Waals surface area contributed by atoms with Gasteiger partial charge in [0.2, 0.25) is 0 Å². The molecular weight excluding hydrogens is 222 g/mol. The molecule has 0 unspecified atom stereocenters. The van der Waals surface area contributed by atoms with Crippen LogP contribution in [0, 0.1) is 0 Å². The number of halogens is 1. The summed E-state index contributed by atoms with van der Waals surface area (Å²) in [7, 11) is 1.93. The molecule has 1 heterocycles. The minimum atomic E-state index is 0.534. The lowest BCUT2D eigenvalue weighted by Crippen LogP contribution is -2.29. The molecule has 0 atom stereocenters. The smallest absolute Gasteiger partial charge is 0.129 e. The van der Waals surface area contributed by atoms with E-state index in [2.05, 4.69) is 28.2 Å². The van der Waals surface area contributed by atoms with Gasteiger partial charge in [-0.1, -0.05) is 17.7 Å². The number of allylic oxidation sites excluding steroid dienone is 1. The van der Waals surface area contributed by atoms with Gasteiger partial charge < -0.3 is 10.2 Å². The SMILES string of the molecule is C/C=C(/NC)N(CC)Cc1ccc(Cl)nc1. The summed E-state index contributed by atoms with van der Waals surface area (Å²) >= 11 is 5.75. The van der Waals surface area contributed by atoms with Crippen molar-refractivity contribution in [1.29, 1.82) is 0 Å². The van der Waals surface area contributed by atoms with Crippen LogP contribution in [0.25, 0.3) is 0 Å². The van der Waals surface area contributed by atoms with Crippen LogP contribution in [0.4, 0.5) is 0 Å². The maximum absolute atomic E-state index is 5.75. The lowest BCUT2D eigenvalue weighted by atomic mass is 10.2. The summed E-state index contributed by atoms with van der Waals surface area (Å²) in [6, 6.07) is 3.82. The van der Waals surface area contributed by atoms with Crippen molar-refractivity contribution in [2.75, 3.05) is 13.6 Å². The summed E-state index contributed by atoms with van der Waals surface area (Å²) in [5, 5.41) is 3.71. The number of rotatable bonds is 5. The fourth-order valence-electron chi connectivity index (χ4n) is 1.57. The predicted octanol–water partition coefficient (Wildman–Crippen LogP) is 2.64. The van der Waals surface area contributed by atoms with E-state index in [1.165, 1.54) is 0 Å². The third kappa shape index (κ3) is 3.42. The van der Waals surface area contributed by atoms with Crippen LogP contribution in [-0.2, 0) is 6.54 Å². The molecule has 88 valence electrons. The van der Waals surface area contributed by atoms with Gasteiger partial charge in [-0.25, -0.2) is 4.98 Å². The first-order chi connectivity index (χ1) is 7.71. The number of aromatic nitrogens is 1. The van der Waals surface area contributed by atoms with Crippen LogP contribution < -0.4 is 5.32 Å². The van der Waals surface area contributed by atoms with E-state index in [1.807, 2.05) is 32.3 Å². The van der Waals surface area contributed by atoms with E-state index in [0.29, 0.717) is 5.15 Å². The summed E-state index contributed by atoms with van der Waals surface area (Å²) in [4.78, 5) is 6.32. The lowest BCUT2D eigenvalue weighted by molar-refractivity contribution is 0.333. The van der Waals surface area contributed by atoms with Crippen LogP contribution >= 0.6 is 11.6 Å². The van der Waals surface area contributed by atoms with Crippen molar-refractivity contribution in [3.8, 4) is 0 Å². The third-order valence-corrected chi connectivity index (χ3v) is 2.64. The van der Waals surface area contributed by atoms with Crippen LogP contribution in [0.15, 0.2) is 30.2 Å². The van der Waals surface area contributed by atoms with E-state index < -0.39 is 0 Å². The number of hydrogen-bond donors (Lipinski definition) is 1. The zero-order chi connectivity index (χ0) is 12.0. The number of pyridine rings is 1. The minimum absolute atomic E-state index is 0.534. The Hall–Kier alpha value is -1.22. The highest BCUT2D eigenvalue weighted by molar-refractivity contribution is 6.29. The van der Waals surface area contributed by atoms with Gasteiger partial charge in [-0.3, -0.25) is 0 Å². The third-order valence-electron chi connectivity index (χ3n) is 2.41. The highest BCUT2D eigenvalue weighted by Crippen LogP contribution is 2.10.